The summed E-state index contributed by atoms with van der Waals surface area (Å²) in [5.41, 5.74) is 9.95. The largest absolute Gasteiger partial charge is 0.337 e. The molecule has 162 valence electrons. The molecule has 2 nitrogen and oxygen atoms in total. The average Bonchev–Trinajstić information content (AvgIpc) is 3.32. The third kappa shape index (κ3) is 4.89. The molecular formula is C31H26O2. The van der Waals surface area contributed by atoms with Crippen LogP contribution in [0.15, 0.2) is 115 Å². The lowest BCUT2D eigenvalue weighted by Gasteiger charge is -2.17. The molecule has 0 radical (unpaired) electrons. The quantitative estimate of drug-likeness (QED) is 0.300. The van der Waals surface area contributed by atoms with Crippen molar-refractivity contribution >= 4 is 12.2 Å². The number of hydrogen-bond acceptors (Lipinski definition) is 2. The fraction of sp³-hybridized carbons (Fsp3) is 0.129. The summed E-state index contributed by atoms with van der Waals surface area (Å²) < 4.78 is 13.1. The van der Waals surface area contributed by atoms with E-state index in [4.69, 9.17) is 9.47 Å². The highest BCUT2D eigenvalue weighted by molar-refractivity contribution is 5.60. The summed E-state index contributed by atoms with van der Waals surface area (Å²) in [5.74, 6) is 0. The van der Waals surface area contributed by atoms with Gasteiger partial charge in [-0.3, -0.25) is 0 Å². The van der Waals surface area contributed by atoms with Crippen molar-refractivity contribution in [3.63, 3.8) is 0 Å². The first kappa shape index (κ1) is 21.2. The summed E-state index contributed by atoms with van der Waals surface area (Å²) in [5, 5.41) is 0. The van der Waals surface area contributed by atoms with E-state index in [0.29, 0.717) is 0 Å². The van der Waals surface area contributed by atoms with Crippen molar-refractivity contribution in [2.45, 2.75) is 25.4 Å². The first-order chi connectivity index (χ1) is 16.3. The van der Waals surface area contributed by atoms with Gasteiger partial charge in [0, 0.05) is 5.56 Å². The van der Waals surface area contributed by atoms with Crippen LogP contribution in [0.3, 0.4) is 0 Å². The number of benzene rings is 4. The van der Waals surface area contributed by atoms with Crippen LogP contribution >= 0.6 is 0 Å². The predicted molar refractivity (Wildman–Crippen MR) is 133 cm³/mol. The summed E-state index contributed by atoms with van der Waals surface area (Å²) in [4.78, 5) is 0. The Labute approximate surface area is 195 Å². The molecule has 2 atom stereocenters. The number of aryl methyl sites for hydroxylation is 1. The van der Waals surface area contributed by atoms with Gasteiger partial charge in [0.1, 0.15) is 12.2 Å². The number of rotatable bonds is 5. The molecule has 1 fully saturated rings. The predicted octanol–water partition coefficient (Wildman–Crippen LogP) is 7.85. The van der Waals surface area contributed by atoms with Gasteiger partial charge in [0.05, 0.1) is 0 Å². The standard InChI is InChI=1S/C31H26O2/c1-23-19-21-24(22-20-23)11-10-17-25-12-8-9-18-28(25)31-32-29(26-13-4-2-5-14-26)30(33-31)27-15-6-3-7-16-27/h2-9,11-22,29-31H,1H3/t10?,29-,30-/m1/s1. The molecule has 1 heterocycles. The van der Waals surface area contributed by atoms with Gasteiger partial charge >= 0.3 is 0 Å². The van der Waals surface area contributed by atoms with Gasteiger partial charge in [-0.1, -0.05) is 115 Å². The Kier molecular flexibility index (Phi) is 6.32. The van der Waals surface area contributed by atoms with E-state index < -0.39 is 6.29 Å². The number of hydrogen-bond donors (Lipinski definition) is 0. The molecule has 0 amide bonds. The van der Waals surface area contributed by atoms with E-state index in [0.717, 1.165) is 27.8 Å². The lowest BCUT2D eigenvalue weighted by molar-refractivity contribution is -0.0699. The monoisotopic (exact) mass is 430 g/mol. The highest BCUT2D eigenvalue weighted by Crippen LogP contribution is 2.48. The third-order valence-electron chi connectivity index (χ3n) is 5.89. The minimum Gasteiger partial charge on any atom is -0.337 e. The van der Waals surface area contributed by atoms with Gasteiger partial charge < -0.3 is 9.47 Å². The van der Waals surface area contributed by atoms with Gasteiger partial charge in [-0.2, -0.15) is 0 Å². The Hall–Kier alpha value is -3.68. The van der Waals surface area contributed by atoms with Gasteiger partial charge in [-0.15, -0.1) is 5.73 Å². The zero-order valence-corrected chi connectivity index (χ0v) is 18.6. The second-order valence-electron chi connectivity index (χ2n) is 8.26. The van der Waals surface area contributed by atoms with Crippen molar-refractivity contribution in [3.8, 4) is 0 Å². The van der Waals surface area contributed by atoms with Crippen molar-refractivity contribution in [3.05, 3.63) is 148 Å². The molecule has 0 saturated carbocycles. The molecule has 0 aromatic heterocycles. The van der Waals surface area contributed by atoms with Gasteiger partial charge in [-0.05, 0) is 41.3 Å². The van der Waals surface area contributed by atoms with Gasteiger partial charge in [0.15, 0.2) is 6.29 Å². The van der Waals surface area contributed by atoms with Crippen LogP contribution in [0.25, 0.3) is 12.2 Å². The van der Waals surface area contributed by atoms with E-state index in [1.165, 1.54) is 5.56 Å². The Bertz CT molecular complexity index is 1210. The minimum absolute atomic E-state index is 0.182. The third-order valence-corrected chi connectivity index (χ3v) is 5.89. The van der Waals surface area contributed by atoms with E-state index in [1.54, 1.807) is 0 Å². The molecule has 0 unspecified atom stereocenters. The molecule has 1 saturated heterocycles. The Morgan fingerprint density at radius 1 is 0.606 bits per heavy atom. The van der Waals surface area contributed by atoms with Crippen molar-refractivity contribution in [2.24, 2.45) is 0 Å². The topological polar surface area (TPSA) is 18.5 Å². The van der Waals surface area contributed by atoms with Crippen LogP contribution < -0.4 is 0 Å². The Morgan fingerprint density at radius 3 is 1.76 bits per heavy atom. The van der Waals surface area contributed by atoms with Crippen molar-refractivity contribution in [1.29, 1.82) is 0 Å². The summed E-state index contributed by atoms with van der Waals surface area (Å²) in [7, 11) is 0. The first-order valence-electron chi connectivity index (χ1n) is 11.3. The molecule has 1 aliphatic rings. The molecule has 4 aromatic carbocycles. The van der Waals surface area contributed by atoms with Crippen LogP contribution in [0, 0.1) is 6.92 Å². The maximum atomic E-state index is 6.54. The van der Waals surface area contributed by atoms with E-state index >= 15 is 0 Å². The van der Waals surface area contributed by atoms with Crippen LogP contribution in [-0.2, 0) is 9.47 Å². The fourth-order valence-electron chi connectivity index (χ4n) is 4.13. The zero-order valence-electron chi connectivity index (χ0n) is 18.6. The fourth-order valence-corrected chi connectivity index (χ4v) is 4.13. The lowest BCUT2D eigenvalue weighted by Crippen LogP contribution is -2.06. The molecular weight excluding hydrogens is 404 g/mol. The molecule has 1 aliphatic heterocycles. The van der Waals surface area contributed by atoms with Crippen molar-refractivity contribution in [2.75, 3.05) is 0 Å². The van der Waals surface area contributed by atoms with E-state index in [-0.39, 0.29) is 12.2 Å². The Morgan fingerprint density at radius 2 is 1.15 bits per heavy atom. The van der Waals surface area contributed by atoms with Crippen LogP contribution in [0.2, 0.25) is 0 Å². The first-order valence-corrected chi connectivity index (χ1v) is 11.3. The van der Waals surface area contributed by atoms with Crippen molar-refractivity contribution < 1.29 is 9.47 Å². The molecule has 0 aliphatic carbocycles. The van der Waals surface area contributed by atoms with Gasteiger partial charge in [0.25, 0.3) is 0 Å². The highest BCUT2D eigenvalue weighted by Gasteiger charge is 2.39. The molecule has 0 N–H and O–H groups in total. The zero-order chi connectivity index (χ0) is 22.5. The van der Waals surface area contributed by atoms with Crippen LogP contribution in [0.4, 0.5) is 0 Å². The molecule has 2 heteroatoms. The Balaban J connectivity index is 1.46. The summed E-state index contributed by atoms with van der Waals surface area (Å²) >= 11 is 0. The smallest absolute Gasteiger partial charge is 0.186 e. The highest BCUT2D eigenvalue weighted by atomic mass is 16.7. The van der Waals surface area contributed by atoms with Crippen LogP contribution in [0.1, 0.15) is 51.9 Å². The maximum absolute atomic E-state index is 6.54. The summed E-state index contributed by atoms with van der Waals surface area (Å²) in [6.07, 6.45) is 3.16. The molecule has 0 bridgehead atoms. The molecule has 33 heavy (non-hydrogen) atoms. The van der Waals surface area contributed by atoms with E-state index in [9.17, 15) is 0 Å². The van der Waals surface area contributed by atoms with Gasteiger partial charge in [0.2, 0.25) is 0 Å². The number of ether oxygens (including phenoxy) is 2. The van der Waals surface area contributed by atoms with Crippen molar-refractivity contribution in [1.82, 2.24) is 0 Å². The van der Waals surface area contributed by atoms with E-state index in [1.807, 2.05) is 60.7 Å². The van der Waals surface area contributed by atoms with Crippen LogP contribution in [0.5, 0.6) is 0 Å². The second kappa shape index (κ2) is 9.85. The normalized spacial score (nSPS) is 18.0. The van der Waals surface area contributed by atoms with E-state index in [2.05, 4.69) is 73.3 Å². The van der Waals surface area contributed by atoms with Gasteiger partial charge in [-0.25, -0.2) is 0 Å². The minimum atomic E-state index is -0.464. The molecule has 5 rings (SSSR count). The maximum Gasteiger partial charge on any atom is 0.186 e. The average molecular weight is 431 g/mol. The SMILES string of the molecule is Cc1ccc(C=C=Cc2ccccc2C2O[C@H](c3ccccc3)[C@@H](c3ccccc3)O2)cc1. The molecule has 4 aromatic rings. The lowest BCUT2D eigenvalue weighted by atomic mass is 9.99. The second-order valence-corrected chi connectivity index (χ2v) is 8.26. The molecule has 0 spiro atoms. The summed E-state index contributed by atoms with van der Waals surface area (Å²) in [6.45, 7) is 2.09. The summed E-state index contributed by atoms with van der Waals surface area (Å²) in [6, 6.07) is 37.2. The van der Waals surface area contributed by atoms with Crippen LogP contribution in [-0.4, -0.2) is 0 Å².